The van der Waals surface area contributed by atoms with Gasteiger partial charge >= 0.3 is 12.1 Å². The molecule has 4 N–H and O–H groups in total. The lowest BCUT2D eigenvalue weighted by Crippen LogP contribution is -2.50. The second kappa shape index (κ2) is 10.7. The molecule has 0 aromatic heterocycles. The maximum absolute atomic E-state index is 12.4. The molecule has 170 valence electrons. The third-order valence-electron chi connectivity index (χ3n) is 5.29. The van der Waals surface area contributed by atoms with Crippen molar-refractivity contribution in [2.75, 3.05) is 26.9 Å². The van der Waals surface area contributed by atoms with E-state index in [1.807, 2.05) is 48.5 Å². The van der Waals surface area contributed by atoms with E-state index in [4.69, 9.17) is 14.6 Å². The molecule has 0 fully saturated rings. The van der Waals surface area contributed by atoms with Gasteiger partial charge in [-0.1, -0.05) is 48.5 Å². The highest BCUT2D eigenvalue weighted by atomic mass is 16.5. The molecule has 0 heterocycles. The number of rotatable bonds is 10. The van der Waals surface area contributed by atoms with Crippen molar-refractivity contribution in [1.82, 2.24) is 10.6 Å². The topological polar surface area (TPSA) is 134 Å². The Morgan fingerprint density at radius 1 is 1.03 bits per heavy atom. The van der Waals surface area contributed by atoms with E-state index in [-0.39, 0.29) is 32.1 Å². The average molecular weight is 442 g/mol. The molecule has 2 aromatic carbocycles. The molecule has 9 heteroatoms. The first-order valence-corrected chi connectivity index (χ1v) is 10.2. The lowest BCUT2D eigenvalue weighted by atomic mass is 9.98. The number of aliphatic hydroxyl groups excluding tert-OH is 1. The Balaban J connectivity index is 1.57. The summed E-state index contributed by atoms with van der Waals surface area (Å²) in [5.74, 6) is -2.05. The summed E-state index contributed by atoms with van der Waals surface area (Å²) in [4.78, 5) is 35.4. The number of ether oxygens (including phenoxy) is 2. The number of amides is 2. The Hall–Kier alpha value is -3.43. The van der Waals surface area contributed by atoms with E-state index in [9.17, 15) is 19.5 Å². The van der Waals surface area contributed by atoms with Gasteiger partial charge in [-0.05, 0) is 22.3 Å². The van der Waals surface area contributed by atoms with Gasteiger partial charge in [0.25, 0.3) is 0 Å². The Kier molecular flexibility index (Phi) is 7.80. The van der Waals surface area contributed by atoms with Gasteiger partial charge in [0.1, 0.15) is 12.6 Å². The van der Waals surface area contributed by atoms with E-state index >= 15 is 0 Å². The molecular formula is C23H26N2O7. The fraction of sp³-hybridized carbons (Fsp3) is 0.348. The molecule has 3 rings (SSSR count). The lowest BCUT2D eigenvalue weighted by Gasteiger charge is -2.19. The third kappa shape index (κ3) is 5.43. The number of aliphatic carboxylic acids is 1. The van der Waals surface area contributed by atoms with Crippen LogP contribution in [0.15, 0.2) is 48.5 Å². The predicted octanol–water partition coefficient (Wildman–Crippen LogP) is 1.49. The summed E-state index contributed by atoms with van der Waals surface area (Å²) < 4.78 is 10.4. The summed E-state index contributed by atoms with van der Waals surface area (Å²) in [6.45, 7) is -0.0671. The number of carbonyl (C=O) groups excluding carboxylic acids is 2. The van der Waals surface area contributed by atoms with Crippen molar-refractivity contribution in [3.05, 3.63) is 59.7 Å². The van der Waals surface area contributed by atoms with Crippen molar-refractivity contribution < 1.29 is 34.1 Å². The molecule has 0 bridgehead atoms. The van der Waals surface area contributed by atoms with Crippen molar-refractivity contribution >= 4 is 18.0 Å². The Bertz CT molecular complexity index is 933. The fourth-order valence-electron chi connectivity index (χ4n) is 3.71. The maximum Gasteiger partial charge on any atom is 0.407 e. The first-order chi connectivity index (χ1) is 15.4. The highest BCUT2D eigenvalue weighted by Gasteiger charge is 2.29. The van der Waals surface area contributed by atoms with Crippen LogP contribution in [0.3, 0.4) is 0 Å². The van der Waals surface area contributed by atoms with Crippen molar-refractivity contribution in [2.45, 2.75) is 24.5 Å². The van der Waals surface area contributed by atoms with Crippen LogP contribution in [0, 0.1) is 0 Å². The number of alkyl carbamates (subject to hydrolysis) is 1. The predicted molar refractivity (Wildman–Crippen MR) is 115 cm³/mol. The van der Waals surface area contributed by atoms with Gasteiger partial charge in [-0.15, -0.1) is 0 Å². The van der Waals surface area contributed by atoms with E-state index < -0.39 is 30.1 Å². The largest absolute Gasteiger partial charge is 0.479 e. The van der Waals surface area contributed by atoms with Crippen LogP contribution in [0.4, 0.5) is 4.79 Å². The van der Waals surface area contributed by atoms with Crippen LogP contribution >= 0.6 is 0 Å². The molecule has 0 aliphatic heterocycles. The Morgan fingerprint density at radius 2 is 1.62 bits per heavy atom. The van der Waals surface area contributed by atoms with Gasteiger partial charge in [-0.2, -0.15) is 0 Å². The number of fused-ring (bicyclic) bond motifs is 3. The molecule has 32 heavy (non-hydrogen) atoms. The monoisotopic (exact) mass is 442 g/mol. The van der Waals surface area contributed by atoms with Crippen molar-refractivity contribution in [1.29, 1.82) is 0 Å². The van der Waals surface area contributed by atoms with Gasteiger partial charge in [0.05, 0.1) is 6.61 Å². The number of nitrogens with one attached hydrogen (secondary N) is 2. The molecular weight excluding hydrogens is 416 g/mol. The van der Waals surface area contributed by atoms with Crippen LogP contribution in [-0.2, 0) is 19.1 Å². The van der Waals surface area contributed by atoms with Gasteiger partial charge in [0.2, 0.25) is 5.91 Å². The molecule has 1 aliphatic carbocycles. The SMILES string of the molecule is COC[C@H](NC(=O)OCC1c2ccccc2-c2ccccc21)C(=O)NCC[C@H](O)C(=O)O. The van der Waals surface area contributed by atoms with Crippen LogP contribution in [-0.4, -0.2) is 67.2 Å². The summed E-state index contributed by atoms with van der Waals surface area (Å²) in [5.41, 5.74) is 4.36. The van der Waals surface area contributed by atoms with Crippen molar-refractivity contribution in [2.24, 2.45) is 0 Å². The molecule has 0 saturated heterocycles. The number of hydrogen-bond donors (Lipinski definition) is 4. The fourth-order valence-corrected chi connectivity index (χ4v) is 3.71. The Morgan fingerprint density at radius 3 is 2.19 bits per heavy atom. The van der Waals surface area contributed by atoms with Crippen LogP contribution in [0.5, 0.6) is 0 Å². The van der Waals surface area contributed by atoms with Gasteiger partial charge < -0.3 is 30.3 Å². The molecule has 2 amide bonds. The third-order valence-corrected chi connectivity index (χ3v) is 5.29. The number of aliphatic hydroxyl groups is 1. The lowest BCUT2D eigenvalue weighted by molar-refractivity contribution is -0.147. The van der Waals surface area contributed by atoms with E-state index in [0.717, 1.165) is 22.3 Å². The molecule has 0 spiro atoms. The maximum atomic E-state index is 12.4. The van der Waals surface area contributed by atoms with Gasteiger partial charge in [0, 0.05) is 26.0 Å². The standard InChI is InChI=1S/C23H26N2O7/c1-31-13-19(21(27)24-11-10-20(26)22(28)29)25-23(30)32-12-18-16-8-4-2-6-14(16)15-7-3-5-9-17(15)18/h2-9,18-20,26H,10-13H2,1H3,(H,24,27)(H,25,30)(H,28,29)/t19-,20-/m0/s1. The summed E-state index contributed by atoms with van der Waals surface area (Å²) in [7, 11) is 1.38. The van der Waals surface area contributed by atoms with Crippen LogP contribution < -0.4 is 10.6 Å². The highest BCUT2D eigenvalue weighted by molar-refractivity contribution is 5.86. The van der Waals surface area contributed by atoms with E-state index in [1.165, 1.54) is 7.11 Å². The van der Waals surface area contributed by atoms with Gasteiger partial charge in [-0.25, -0.2) is 9.59 Å². The average Bonchev–Trinajstić information content (AvgIpc) is 3.11. The number of hydrogen-bond acceptors (Lipinski definition) is 6. The highest BCUT2D eigenvalue weighted by Crippen LogP contribution is 2.44. The number of benzene rings is 2. The van der Waals surface area contributed by atoms with Crippen LogP contribution in [0.25, 0.3) is 11.1 Å². The second-order valence-electron chi connectivity index (χ2n) is 7.41. The Labute approximate surface area is 185 Å². The minimum atomic E-state index is -1.58. The molecule has 0 saturated carbocycles. The molecule has 2 atom stereocenters. The minimum Gasteiger partial charge on any atom is -0.479 e. The van der Waals surface area contributed by atoms with Crippen LogP contribution in [0.1, 0.15) is 23.5 Å². The van der Waals surface area contributed by atoms with Crippen LogP contribution in [0.2, 0.25) is 0 Å². The molecule has 0 unspecified atom stereocenters. The quantitative estimate of drug-likeness (QED) is 0.438. The summed E-state index contributed by atoms with van der Waals surface area (Å²) in [5, 5.41) is 22.9. The summed E-state index contributed by atoms with van der Waals surface area (Å²) in [6, 6.07) is 14.9. The zero-order valence-corrected chi connectivity index (χ0v) is 17.6. The van der Waals surface area contributed by atoms with E-state index in [2.05, 4.69) is 10.6 Å². The molecule has 0 radical (unpaired) electrons. The zero-order chi connectivity index (χ0) is 23.1. The number of carbonyl (C=O) groups is 3. The van der Waals surface area contributed by atoms with E-state index in [0.29, 0.717) is 0 Å². The number of carboxylic acids is 1. The number of carboxylic acid groups (broad SMARTS) is 1. The van der Waals surface area contributed by atoms with Gasteiger partial charge in [-0.3, -0.25) is 4.79 Å². The molecule has 2 aromatic rings. The molecule has 9 nitrogen and oxygen atoms in total. The van der Waals surface area contributed by atoms with Crippen molar-refractivity contribution in [3.63, 3.8) is 0 Å². The first kappa shape index (κ1) is 23.2. The van der Waals surface area contributed by atoms with Crippen molar-refractivity contribution in [3.8, 4) is 11.1 Å². The first-order valence-electron chi connectivity index (χ1n) is 10.2. The van der Waals surface area contributed by atoms with E-state index in [1.54, 1.807) is 0 Å². The summed E-state index contributed by atoms with van der Waals surface area (Å²) in [6.07, 6.45) is -2.51. The smallest absolute Gasteiger partial charge is 0.407 e. The summed E-state index contributed by atoms with van der Waals surface area (Å²) >= 11 is 0. The molecule has 1 aliphatic rings. The second-order valence-corrected chi connectivity index (χ2v) is 7.41. The normalized spacial score (nSPS) is 14.1. The van der Waals surface area contributed by atoms with Gasteiger partial charge in [0.15, 0.2) is 6.10 Å². The minimum absolute atomic E-state index is 0.0706. The number of methoxy groups -OCH3 is 1. The zero-order valence-electron chi connectivity index (χ0n) is 17.6.